The Bertz CT molecular complexity index is 518. The molecule has 1 heterocycles. The molecule has 2 aromatic rings. The van der Waals surface area contributed by atoms with Gasteiger partial charge in [-0.2, -0.15) is 8.78 Å². The highest BCUT2D eigenvalue weighted by Gasteiger charge is 2.16. The van der Waals surface area contributed by atoms with E-state index in [1.807, 2.05) is 0 Å². The van der Waals surface area contributed by atoms with Gasteiger partial charge in [0, 0.05) is 0 Å². The fourth-order valence-corrected chi connectivity index (χ4v) is 2.82. The van der Waals surface area contributed by atoms with Gasteiger partial charge in [-0.15, -0.1) is 11.3 Å². The lowest BCUT2D eigenvalue weighted by atomic mass is 10.1. The number of ether oxygens (including phenoxy) is 1. The summed E-state index contributed by atoms with van der Waals surface area (Å²) in [6.07, 6.45) is -0.840. The highest BCUT2D eigenvalue weighted by Crippen LogP contribution is 2.31. The van der Waals surface area contributed by atoms with Gasteiger partial charge in [0.25, 0.3) is 0 Å². The zero-order chi connectivity index (χ0) is 13.1. The topological polar surface area (TPSA) is 42.4 Å². The second-order valence-electron chi connectivity index (χ2n) is 3.36. The van der Waals surface area contributed by atoms with Crippen molar-refractivity contribution >= 4 is 27.3 Å². The largest absolute Gasteiger partial charge is 0.435 e. The molecule has 0 bridgehead atoms. The molecule has 0 saturated carbocycles. The normalized spacial score (nSPS) is 12.7. The van der Waals surface area contributed by atoms with Crippen LogP contribution in [0.2, 0.25) is 0 Å². The van der Waals surface area contributed by atoms with Crippen LogP contribution in [0.5, 0.6) is 5.75 Å². The van der Waals surface area contributed by atoms with E-state index in [1.54, 1.807) is 5.51 Å². The fourth-order valence-electron chi connectivity index (χ4n) is 1.40. The molecule has 0 radical (unpaired) electrons. The van der Waals surface area contributed by atoms with Crippen molar-refractivity contribution in [3.8, 4) is 5.75 Å². The zero-order valence-electron chi connectivity index (χ0n) is 8.89. The summed E-state index contributed by atoms with van der Waals surface area (Å²) in [5.41, 5.74) is 2.19. The van der Waals surface area contributed by atoms with Crippen LogP contribution in [0.15, 0.2) is 34.4 Å². The van der Waals surface area contributed by atoms with Gasteiger partial charge in [-0.05, 0) is 33.6 Å². The van der Waals surface area contributed by atoms with Crippen LogP contribution in [0.4, 0.5) is 8.78 Å². The average Bonchev–Trinajstić information content (AvgIpc) is 2.75. The molecule has 2 rings (SSSR count). The summed E-state index contributed by atoms with van der Waals surface area (Å²) >= 11 is 4.53. The highest BCUT2D eigenvalue weighted by molar-refractivity contribution is 9.10. The molecule has 1 N–H and O–H groups in total. The number of hydrogen-bond donors (Lipinski definition) is 1. The van der Waals surface area contributed by atoms with Gasteiger partial charge in [-0.1, -0.05) is 12.1 Å². The lowest BCUT2D eigenvalue weighted by Crippen LogP contribution is -2.02. The summed E-state index contributed by atoms with van der Waals surface area (Å²) in [6, 6.07) is 5.85. The molecule has 0 amide bonds. The van der Waals surface area contributed by atoms with E-state index in [2.05, 4.69) is 25.7 Å². The van der Waals surface area contributed by atoms with E-state index in [0.717, 1.165) is 0 Å². The summed E-state index contributed by atoms with van der Waals surface area (Å²) in [7, 11) is 0. The quantitative estimate of drug-likeness (QED) is 0.928. The number of hydrogen-bond acceptors (Lipinski definition) is 4. The van der Waals surface area contributed by atoms with Gasteiger partial charge in [-0.25, -0.2) is 4.98 Å². The van der Waals surface area contributed by atoms with Crippen molar-refractivity contribution < 1.29 is 18.6 Å². The third-order valence-corrected chi connectivity index (χ3v) is 3.99. The van der Waals surface area contributed by atoms with E-state index in [4.69, 9.17) is 0 Å². The van der Waals surface area contributed by atoms with Crippen LogP contribution in [-0.2, 0) is 0 Å². The molecule has 1 atom stereocenters. The van der Waals surface area contributed by atoms with Crippen LogP contribution >= 0.6 is 27.3 Å². The van der Waals surface area contributed by atoms with Crippen LogP contribution in [0.3, 0.4) is 0 Å². The SMILES string of the molecule is OC(c1ccc(OC(F)F)cc1)c1scnc1Br. The Kier molecular flexibility index (Phi) is 4.26. The van der Waals surface area contributed by atoms with E-state index < -0.39 is 12.7 Å². The first-order chi connectivity index (χ1) is 8.58. The third-order valence-electron chi connectivity index (χ3n) is 2.22. The van der Waals surface area contributed by atoms with Crippen molar-refractivity contribution in [2.45, 2.75) is 12.7 Å². The van der Waals surface area contributed by atoms with Gasteiger partial charge in [0.1, 0.15) is 16.5 Å². The van der Waals surface area contributed by atoms with Crippen LogP contribution < -0.4 is 4.74 Å². The van der Waals surface area contributed by atoms with Crippen molar-refractivity contribution in [2.75, 3.05) is 0 Å². The molecule has 0 aliphatic carbocycles. The average molecular weight is 336 g/mol. The summed E-state index contributed by atoms with van der Waals surface area (Å²) in [6.45, 7) is -2.85. The highest BCUT2D eigenvalue weighted by atomic mass is 79.9. The summed E-state index contributed by atoms with van der Waals surface area (Å²) in [4.78, 5) is 4.64. The van der Waals surface area contributed by atoms with E-state index in [-0.39, 0.29) is 5.75 Å². The van der Waals surface area contributed by atoms with Gasteiger partial charge >= 0.3 is 6.61 Å². The van der Waals surface area contributed by atoms with Gasteiger partial charge < -0.3 is 9.84 Å². The number of thiazole rings is 1. The van der Waals surface area contributed by atoms with Gasteiger partial charge in [0.05, 0.1) is 10.4 Å². The minimum Gasteiger partial charge on any atom is -0.435 e. The summed E-state index contributed by atoms with van der Waals surface area (Å²) in [5, 5.41) is 10.1. The molecule has 0 spiro atoms. The number of aliphatic hydroxyl groups excluding tert-OH is 1. The molecule has 0 fully saturated rings. The molecule has 1 aromatic heterocycles. The van der Waals surface area contributed by atoms with Gasteiger partial charge in [0.15, 0.2) is 0 Å². The maximum atomic E-state index is 12.0. The maximum absolute atomic E-state index is 12.0. The Hall–Kier alpha value is -1.05. The maximum Gasteiger partial charge on any atom is 0.387 e. The number of benzene rings is 1. The molecule has 18 heavy (non-hydrogen) atoms. The second-order valence-corrected chi connectivity index (χ2v) is 4.99. The predicted octanol–water partition coefficient (Wildman–Crippen LogP) is 3.59. The standard InChI is InChI=1S/C11H8BrF2NO2S/c12-10-9(18-5-15-10)8(16)6-1-3-7(4-2-6)17-11(13)14/h1-5,8,11,16H. The van der Waals surface area contributed by atoms with Crippen LogP contribution in [0.1, 0.15) is 16.5 Å². The predicted molar refractivity (Wildman–Crippen MR) is 66.9 cm³/mol. The molecular weight excluding hydrogens is 328 g/mol. The first-order valence-electron chi connectivity index (χ1n) is 4.89. The van der Waals surface area contributed by atoms with Crippen molar-refractivity contribution in [3.05, 3.63) is 44.8 Å². The minimum absolute atomic E-state index is 0.0596. The van der Waals surface area contributed by atoms with E-state index >= 15 is 0 Å². The Labute approximate surface area is 114 Å². The monoisotopic (exact) mass is 335 g/mol. The van der Waals surface area contributed by atoms with Crippen LogP contribution in [-0.4, -0.2) is 16.7 Å². The summed E-state index contributed by atoms with van der Waals surface area (Å²) in [5.74, 6) is 0.0596. The number of rotatable bonds is 4. The van der Waals surface area contributed by atoms with Crippen LogP contribution in [0.25, 0.3) is 0 Å². The zero-order valence-corrected chi connectivity index (χ0v) is 11.3. The summed E-state index contributed by atoms with van der Waals surface area (Å²) < 4.78 is 28.7. The molecule has 1 aromatic carbocycles. The second kappa shape index (κ2) is 5.73. The van der Waals surface area contributed by atoms with Crippen molar-refractivity contribution in [3.63, 3.8) is 0 Å². The fraction of sp³-hybridized carbons (Fsp3) is 0.182. The molecule has 0 aliphatic heterocycles. The Morgan fingerprint density at radius 3 is 2.44 bits per heavy atom. The first kappa shape index (κ1) is 13.4. The van der Waals surface area contributed by atoms with Crippen LogP contribution in [0, 0.1) is 0 Å². The van der Waals surface area contributed by atoms with E-state index in [0.29, 0.717) is 15.0 Å². The molecule has 0 saturated heterocycles. The lowest BCUT2D eigenvalue weighted by molar-refractivity contribution is -0.0498. The van der Waals surface area contributed by atoms with Crippen molar-refractivity contribution in [2.24, 2.45) is 0 Å². The Morgan fingerprint density at radius 2 is 1.94 bits per heavy atom. The number of aromatic nitrogens is 1. The molecule has 0 aliphatic rings. The molecule has 3 nitrogen and oxygen atoms in total. The molecule has 7 heteroatoms. The number of aliphatic hydroxyl groups is 1. The Balaban J connectivity index is 2.17. The number of nitrogens with zero attached hydrogens (tertiary/aromatic N) is 1. The van der Waals surface area contributed by atoms with E-state index in [1.165, 1.54) is 35.6 Å². The first-order valence-corrected chi connectivity index (χ1v) is 6.57. The van der Waals surface area contributed by atoms with E-state index in [9.17, 15) is 13.9 Å². The lowest BCUT2D eigenvalue weighted by Gasteiger charge is -2.10. The Morgan fingerprint density at radius 1 is 1.28 bits per heavy atom. The molecule has 96 valence electrons. The molecular formula is C11H8BrF2NO2S. The van der Waals surface area contributed by atoms with Crippen molar-refractivity contribution in [1.29, 1.82) is 0 Å². The third kappa shape index (κ3) is 3.04. The minimum atomic E-state index is -2.85. The smallest absolute Gasteiger partial charge is 0.387 e. The van der Waals surface area contributed by atoms with Crippen molar-refractivity contribution in [1.82, 2.24) is 4.98 Å². The van der Waals surface area contributed by atoms with Gasteiger partial charge in [-0.3, -0.25) is 0 Å². The molecule has 1 unspecified atom stereocenters. The number of halogens is 3. The number of alkyl halides is 2. The van der Waals surface area contributed by atoms with Gasteiger partial charge in [0.2, 0.25) is 0 Å².